The number of aliphatic hydroxyl groups is 1. The van der Waals surface area contributed by atoms with Gasteiger partial charge >= 0.3 is 0 Å². The molecule has 0 aromatic rings. The summed E-state index contributed by atoms with van der Waals surface area (Å²) in [4.78, 5) is 4.74. The van der Waals surface area contributed by atoms with Crippen LogP contribution in [0.1, 0.15) is 27.7 Å². The molecule has 1 aliphatic heterocycles. The Bertz CT molecular complexity index is 188. The van der Waals surface area contributed by atoms with Gasteiger partial charge < -0.3 is 5.11 Å². The first kappa shape index (κ1) is 12.0. The molecule has 1 heterocycles. The van der Waals surface area contributed by atoms with Crippen molar-refractivity contribution in [3.05, 3.63) is 0 Å². The van der Waals surface area contributed by atoms with Crippen LogP contribution in [-0.2, 0) is 0 Å². The molecule has 3 heteroatoms. The molecule has 2 atom stereocenters. The molecule has 0 amide bonds. The van der Waals surface area contributed by atoms with Crippen LogP contribution >= 0.6 is 0 Å². The van der Waals surface area contributed by atoms with Gasteiger partial charge in [0, 0.05) is 30.7 Å². The third kappa shape index (κ3) is 2.47. The zero-order valence-electron chi connectivity index (χ0n) is 10.1. The van der Waals surface area contributed by atoms with Crippen LogP contribution in [0.2, 0.25) is 0 Å². The molecule has 0 aromatic carbocycles. The lowest BCUT2D eigenvalue weighted by molar-refractivity contribution is -0.0162. The zero-order chi connectivity index (χ0) is 10.9. The first-order valence-electron chi connectivity index (χ1n) is 5.44. The molecule has 1 rings (SSSR count). The number of nitrogens with zero attached hydrogens (tertiary/aromatic N) is 2. The molecule has 0 bridgehead atoms. The Kier molecular flexibility index (Phi) is 3.56. The summed E-state index contributed by atoms with van der Waals surface area (Å²) in [6.07, 6.45) is 0. The lowest BCUT2D eigenvalue weighted by Crippen LogP contribution is -2.61. The fourth-order valence-electron chi connectivity index (χ4n) is 2.00. The first-order chi connectivity index (χ1) is 6.36. The average molecular weight is 200 g/mol. The summed E-state index contributed by atoms with van der Waals surface area (Å²) in [5.74, 6) is 0. The zero-order valence-corrected chi connectivity index (χ0v) is 10.1. The third-order valence-electron chi connectivity index (χ3n) is 3.35. The van der Waals surface area contributed by atoms with Crippen LogP contribution in [0.5, 0.6) is 0 Å². The minimum Gasteiger partial charge on any atom is -0.395 e. The molecule has 0 aliphatic carbocycles. The second kappa shape index (κ2) is 4.17. The highest BCUT2D eigenvalue weighted by Gasteiger charge is 2.33. The van der Waals surface area contributed by atoms with Crippen molar-refractivity contribution in [2.45, 2.75) is 45.3 Å². The highest BCUT2D eigenvalue weighted by atomic mass is 16.3. The second-order valence-electron chi connectivity index (χ2n) is 5.43. The van der Waals surface area contributed by atoms with Gasteiger partial charge in [-0.1, -0.05) is 0 Å². The summed E-state index contributed by atoms with van der Waals surface area (Å²) in [5, 5.41) is 9.29. The van der Waals surface area contributed by atoms with Crippen molar-refractivity contribution in [3.8, 4) is 0 Å². The molecule has 0 saturated carbocycles. The highest BCUT2D eigenvalue weighted by Crippen LogP contribution is 2.21. The smallest absolute Gasteiger partial charge is 0.0599 e. The molecular formula is C11H24N2O. The fourth-order valence-corrected chi connectivity index (χ4v) is 2.00. The predicted octanol–water partition coefficient (Wildman–Crippen LogP) is 0.782. The van der Waals surface area contributed by atoms with Gasteiger partial charge in [0.2, 0.25) is 0 Å². The Morgan fingerprint density at radius 2 is 1.86 bits per heavy atom. The van der Waals surface area contributed by atoms with E-state index in [1.165, 1.54) is 0 Å². The van der Waals surface area contributed by atoms with Gasteiger partial charge in [0.15, 0.2) is 0 Å². The van der Waals surface area contributed by atoms with Crippen molar-refractivity contribution in [2.75, 3.05) is 26.7 Å². The maximum atomic E-state index is 9.29. The van der Waals surface area contributed by atoms with E-state index in [4.69, 9.17) is 0 Å². The van der Waals surface area contributed by atoms with Crippen LogP contribution in [0.25, 0.3) is 0 Å². The number of piperazine rings is 1. The average Bonchev–Trinajstić information content (AvgIpc) is 2.07. The van der Waals surface area contributed by atoms with Gasteiger partial charge in [0.05, 0.1) is 6.61 Å². The summed E-state index contributed by atoms with van der Waals surface area (Å²) < 4.78 is 0. The van der Waals surface area contributed by atoms with Crippen LogP contribution < -0.4 is 0 Å². The normalized spacial score (nSPS) is 32.1. The Balaban J connectivity index is 2.68. The largest absolute Gasteiger partial charge is 0.395 e. The van der Waals surface area contributed by atoms with Crippen molar-refractivity contribution >= 4 is 0 Å². The van der Waals surface area contributed by atoms with Gasteiger partial charge in [-0.2, -0.15) is 0 Å². The Labute approximate surface area is 87.7 Å². The van der Waals surface area contributed by atoms with Crippen LogP contribution in [-0.4, -0.2) is 59.3 Å². The van der Waals surface area contributed by atoms with Gasteiger partial charge in [-0.15, -0.1) is 0 Å². The summed E-state index contributed by atoms with van der Waals surface area (Å²) in [6.45, 7) is 11.3. The van der Waals surface area contributed by atoms with E-state index in [0.717, 1.165) is 13.1 Å². The van der Waals surface area contributed by atoms with Crippen LogP contribution in [0.3, 0.4) is 0 Å². The van der Waals surface area contributed by atoms with Gasteiger partial charge in [-0.05, 0) is 34.7 Å². The molecule has 0 aromatic heterocycles. The maximum Gasteiger partial charge on any atom is 0.0599 e. The van der Waals surface area contributed by atoms with Crippen molar-refractivity contribution in [3.63, 3.8) is 0 Å². The van der Waals surface area contributed by atoms with Gasteiger partial charge in [-0.3, -0.25) is 9.80 Å². The van der Waals surface area contributed by atoms with Crippen LogP contribution in [0.15, 0.2) is 0 Å². The quantitative estimate of drug-likeness (QED) is 0.677. The summed E-state index contributed by atoms with van der Waals surface area (Å²) >= 11 is 0. The molecule has 1 saturated heterocycles. The van der Waals surface area contributed by atoms with E-state index in [0.29, 0.717) is 6.04 Å². The van der Waals surface area contributed by atoms with Crippen molar-refractivity contribution < 1.29 is 5.11 Å². The molecular weight excluding hydrogens is 176 g/mol. The summed E-state index contributed by atoms with van der Waals surface area (Å²) in [6, 6.07) is 0.818. The van der Waals surface area contributed by atoms with Crippen molar-refractivity contribution in [1.29, 1.82) is 0 Å². The SMILES string of the molecule is CC1CN(C(C)(C)C)CC(CO)N1C. The minimum absolute atomic E-state index is 0.211. The molecule has 1 aliphatic rings. The van der Waals surface area contributed by atoms with E-state index in [2.05, 4.69) is 44.5 Å². The fraction of sp³-hybridized carbons (Fsp3) is 1.00. The minimum atomic E-state index is 0.211. The Morgan fingerprint density at radius 3 is 2.29 bits per heavy atom. The monoisotopic (exact) mass is 200 g/mol. The highest BCUT2D eigenvalue weighted by molar-refractivity contribution is 4.90. The van der Waals surface area contributed by atoms with Gasteiger partial charge in [0.1, 0.15) is 0 Å². The van der Waals surface area contributed by atoms with Crippen molar-refractivity contribution in [1.82, 2.24) is 9.80 Å². The van der Waals surface area contributed by atoms with Crippen LogP contribution in [0, 0.1) is 0 Å². The number of likely N-dealkylation sites (N-methyl/N-ethyl adjacent to an activating group) is 1. The van der Waals surface area contributed by atoms with E-state index in [1.54, 1.807) is 0 Å². The second-order valence-corrected chi connectivity index (χ2v) is 5.43. The Morgan fingerprint density at radius 1 is 1.29 bits per heavy atom. The lowest BCUT2D eigenvalue weighted by atomic mass is 10.00. The molecule has 3 nitrogen and oxygen atoms in total. The topological polar surface area (TPSA) is 26.7 Å². The Hall–Kier alpha value is -0.120. The number of rotatable bonds is 1. The number of aliphatic hydroxyl groups excluding tert-OH is 1. The van der Waals surface area contributed by atoms with Crippen molar-refractivity contribution in [2.24, 2.45) is 0 Å². The lowest BCUT2D eigenvalue weighted by Gasteiger charge is -2.48. The van der Waals surface area contributed by atoms with E-state index in [-0.39, 0.29) is 18.2 Å². The predicted molar refractivity (Wildman–Crippen MR) is 59.4 cm³/mol. The summed E-state index contributed by atoms with van der Waals surface area (Å²) in [5.41, 5.74) is 0.211. The van der Waals surface area contributed by atoms with E-state index in [9.17, 15) is 5.11 Å². The van der Waals surface area contributed by atoms with Gasteiger partial charge in [0.25, 0.3) is 0 Å². The number of hydrogen-bond acceptors (Lipinski definition) is 3. The molecule has 0 spiro atoms. The molecule has 0 radical (unpaired) electrons. The van der Waals surface area contributed by atoms with E-state index >= 15 is 0 Å². The van der Waals surface area contributed by atoms with E-state index < -0.39 is 0 Å². The molecule has 1 fully saturated rings. The molecule has 2 unspecified atom stereocenters. The first-order valence-corrected chi connectivity index (χ1v) is 5.44. The summed E-state index contributed by atoms with van der Waals surface area (Å²) in [7, 11) is 2.10. The van der Waals surface area contributed by atoms with Crippen LogP contribution in [0.4, 0.5) is 0 Å². The standard InChI is InChI=1S/C11H24N2O/c1-9-6-13(11(2,3)4)7-10(8-14)12(9)5/h9-10,14H,6-8H2,1-5H3. The van der Waals surface area contributed by atoms with Gasteiger partial charge in [-0.25, -0.2) is 0 Å². The molecule has 84 valence electrons. The molecule has 1 N–H and O–H groups in total. The number of hydrogen-bond donors (Lipinski definition) is 1. The molecule has 14 heavy (non-hydrogen) atoms. The maximum absolute atomic E-state index is 9.29. The van der Waals surface area contributed by atoms with E-state index in [1.807, 2.05) is 0 Å². The third-order valence-corrected chi connectivity index (χ3v) is 3.35.